The molecule has 8 aromatic carbocycles. The summed E-state index contributed by atoms with van der Waals surface area (Å²) >= 11 is 0. The van der Waals surface area contributed by atoms with Crippen molar-refractivity contribution in [1.82, 2.24) is 19.5 Å². The van der Waals surface area contributed by atoms with Crippen LogP contribution in [0.15, 0.2) is 186 Å². The van der Waals surface area contributed by atoms with E-state index in [4.69, 9.17) is 19.4 Å². The Morgan fingerprint density at radius 2 is 0.981 bits per heavy atom. The van der Waals surface area contributed by atoms with E-state index >= 15 is 0 Å². The van der Waals surface area contributed by atoms with Crippen LogP contribution in [0.5, 0.6) is 0 Å². The molecule has 5 nitrogen and oxygen atoms in total. The van der Waals surface area contributed by atoms with E-state index in [0.717, 1.165) is 77.2 Å². The van der Waals surface area contributed by atoms with Crippen molar-refractivity contribution in [2.45, 2.75) is 0 Å². The molecule has 0 aliphatic carbocycles. The molecule has 0 fully saturated rings. The van der Waals surface area contributed by atoms with E-state index in [-0.39, 0.29) is 0 Å². The minimum Gasteiger partial charge on any atom is -0.456 e. The number of hydrogen-bond acceptors (Lipinski definition) is 4. The molecule has 0 amide bonds. The Kier molecular flexibility index (Phi) is 6.79. The van der Waals surface area contributed by atoms with Gasteiger partial charge in [-0.25, -0.2) is 15.0 Å². The first-order valence-electron chi connectivity index (χ1n) is 18.1. The summed E-state index contributed by atoms with van der Waals surface area (Å²) in [4.78, 5) is 15.2. The third-order valence-electron chi connectivity index (χ3n) is 10.4. The molecule has 0 aliphatic rings. The zero-order chi connectivity index (χ0) is 35.6. The summed E-state index contributed by atoms with van der Waals surface area (Å²) in [7, 11) is 0. The molecule has 0 saturated heterocycles. The quantitative estimate of drug-likeness (QED) is 0.180. The predicted octanol–water partition coefficient (Wildman–Crippen LogP) is 12.7. The van der Waals surface area contributed by atoms with Crippen LogP contribution in [0.25, 0.3) is 105 Å². The molecule has 0 atom stereocenters. The fourth-order valence-corrected chi connectivity index (χ4v) is 7.96. The lowest BCUT2D eigenvalue weighted by atomic mass is 9.93. The standard InChI is InChI=1S/C49H30N4O/c1-4-14-32(15-5-1)47-50-48(33-16-6-2-7-17-33)52-49(51-47)38-24-13-19-31-18-12-23-36(46(31)38)34-26-27-42-39(28-34)40-29-41-37-22-10-11-25-44(37)54-45(41)30-43(40)53(42)35-20-8-3-9-21-35/h1-30H. The maximum atomic E-state index is 6.39. The van der Waals surface area contributed by atoms with E-state index < -0.39 is 0 Å². The van der Waals surface area contributed by atoms with Crippen LogP contribution in [0, 0.1) is 0 Å². The molecule has 11 rings (SSSR count). The number of benzene rings is 8. The summed E-state index contributed by atoms with van der Waals surface area (Å²) in [5, 5.41) is 6.79. The maximum absolute atomic E-state index is 6.39. The van der Waals surface area contributed by atoms with Gasteiger partial charge < -0.3 is 8.98 Å². The van der Waals surface area contributed by atoms with Gasteiger partial charge in [0, 0.05) is 55.4 Å². The molecule has 5 heteroatoms. The average Bonchev–Trinajstić information content (AvgIpc) is 3.77. The van der Waals surface area contributed by atoms with Gasteiger partial charge in [-0.05, 0) is 52.9 Å². The molecule has 0 spiro atoms. The van der Waals surface area contributed by atoms with Crippen molar-refractivity contribution in [3.8, 4) is 51.0 Å². The van der Waals surface area contributed by atoms with E-state index in [1.807, 2.05) is 72.8 Å². The highest BCUT2D eigenvalue weighted by Crippen LogP contribution is 2.42. The molecule has 0 N–H and O–H groups in total. The lowest BCUT2D eigenvalue weighted by Crippen LogP contribution is -2.00. The number of aromatic nitrogens is 4. The highest BCUT2D eigenvalue weighted by molar-refractivity contribution is 6.18. The first-order chi connectivity index (χ1) is 26.8. The topological polar surface area (TPSA) is 56.7 Å². The summed E-state index contributed by atoms with van der Waals surface area (Å²) in [6, 6.07) is 63.3. The van der Waals surface area contributed by atoms with E-state index in [2.05, 4.69) is 114 Å². The number of nitrogens with zero attached hydrogens (tertiary/aromatic N) is 4. The van der Waals surface area contributed by atoms with Crippen molar-refractivity contribution >= 4 is 54.5 Å². The smallest absolute Gasteiger partial charge is 0.164 e. The van der Waals surface area contributed by atoms with Crippen molar-refractivity contribution in [3.05, 3.63) is 182 Å². The summed E-state index contributed by atoms with van der Waals surface area (Å²) in [5.74, 6) is 1.92. The number of rotatable bonds is 5. The summed E-state index contributed by atoms with van der Waals surface area (Å²) in [5.41, 5.74) is 10.2. The number of fused-ring (bicyclic) bond motifs is 7. The molecule has 11 aromatic rings. The molecular formula is C49H30N4O. The Morgan fingerprint density at radius 1 is 0.370 bits per heavy atom. The second-order valence-electron chi connectivity index (χ2n) is 13.6. The Labute approximate surface area is 310 Å². The second kappa shape index (κ2) is 12.1. The van der Waals surface area contributed by atoms with E-state index in [9.17, 15) is 0 Å². The van der Waals surface area contributed by atoms with Crippen LogP contribution >= 0.6 is 0 Å². The van der Waals surface area contributed by atoms with Crippen LogP contribution in [-0.2, 0) is 0 Å². The molecule has 0 bridgehead atoms. The van der Waals surface area contributed by atoms with Crippen molar-refractivity contribution in [3.63, 3.8) is 0 Å². The highest BCUT2D eigenvalue weighted by atomic mass is 16.3. The first kappa shape index (κ1) is 30.3. The average molecular weight is 691 g/mol. The number of para-hydroxylation sites is 2. The number of furan rings is 1. The minimum absolute atomic E-state index is 0.636. The zero-order valence-electron chi connectivity index (χ0n) is 29.0. The van der Waals surface area contributed by atoms with Gasteiger partial charge in [0.15, 0.2) is 17.5 Å². The van der Waals surface area contributed by atoms with Crippen LogP contribution in [-0.4, -0.2) is 19.5 Å². The lowest BCUT2D eigenvalue weighted by Gasteiger charge is -2.14. The zero-order valence-corrected chi connectivity index (χ0v) is 29.0. The summed E-state index contributed by atoms with van der Waals surface area (Å²) < 4.78 is 8.73. The van der Waals surface area contributed by atoms with Crippen LogP contribution in [0.3, 0.4) is 0 Å². The molecule has 0 aliphatic heterocycles. The van der Waals surface area contributed by atoms with Gasteiger partial charge in [-0.2, -0.15) is 0 Å². The van der Waals surface area contributed by atoms with Crippen molar-refractivity contribution in [2.75, 3.05) is 0 Å². The molecule has 3 aromatic heterocycles. The third-order valence-corrected chi connectivity index (χ3v) is 10.4. The lowest BCUT2D eigenvalue weighted by molar-refractivity contribution is 0.669. The molecule has 0 unspecified atom stereocenters. The van der Waals surface area contributed by atoms with Gasteiger partial charge in [0.05, 0.1) is 11.0 Å². The van der Waals surface area contributed by atoms with Gasteiger partial charge in [-0.1, -0.05) is 140 Å². The molecule has 3 heterocycles. The fraction of sp³-hybridized carbons (Fsp3) is 0. The van der Waals surface area contributed by atoms with Crippen LogP contribution in [0.1, 0.15) is 0 Å². The maximum Gasteiger partial charge on any atom is 0.164 e. The van der Waals surface area contributed by atoms with Crippen LogP contribution < -0.4 is 0 Å². The van der Waals surface area contributed by atoms with Crippen molar-refractivity contribution in [2.24, 2.45) is 0 Å². The predicted molar refractivity (Wildman–Crippen MR) is 221 cm³/mol. The fourth-order valence-electron chi connectivity index (χ4n) is 7.96. The molecule has 0 saturated carbocycles. The monoisotopic (exact) mass is 690 g/mol. The molecule has 54 heavy (non-hydrogen) atoms. The Bertz CT molecular complexity index is 3140. The Hall–Kier alpha value is -7.37. The van der Waals surface area contributed by atoms with Gasteiger partial charge in [-0.15, -0.1) is 0 Å². The Balaban J connectivity index is 1.17. The highest BCUT2D eigenvalue weighted by Gasteiger charge is 2.20. The van der Waals surface area contributed by atoms with E-state index in [1.165, 1.54) is 10.8 Å². The summed E-state index contributed by atoms with van der Waals surface area (Å²) in [6.07, 6.45) is 0. The second-order valence-corrected chi connectivity index (χ2v) is 13.6. The van der Waals surface area contributed by atoms with E-state index in [0.29, 0.717) is 17.5 Å². The molecular weight excluding hydrogens is 661 g/mol. The van der Waals surface area contributed by atoms with Crippen molar-refractivity contribution in [1.29, 1.82) is 0 Å². The first-order valence-corrected chi connectivity index (χ1v) is 18.1. The van der Waals surface area contributed by atoms with Gasteiger partial charge >= 0.3 is 0 Å². The third kappa shape index (κ3) is 4.83. The summed E-state index contributed by atoms with van der Waals surface area (Å²) in [6.45, 7) is 0. The van der Waals surface area contributed by atoms with E-state index in [1.54, 1.807) is 0 Å². The molecule has 252 valence electrons. The molecule has 0 radical (unpaired) electrons. The van der Waals surface area contributed by atoms with Crippen LogP contribution in [0.4, 0.5) is 0 Å². The largest absolute Gasteiger partial charge is 0.456 e. The number of hydrogen-bond donors (Lipinski definition) is 0. The van der Waals surface area contributed by atoms with Gasteiger partial charge in [0.2, 0.25) is 0 Å². The van der Waals surface area contributed by atoms with Gasteiger partial charge in [0.25, 0.3) is 0 Å². The van der Waals surface area contributed by atoms with Gasteiger partial charge in [0.1, 0.15) is 11.2 Å². The van der Waals surface area contributed by atoms with Gasteiger partial charge in [-0.3, -0.25) is 0 Å². The Morgan fingerprint density at radius 3 is 1.70 bits per heavy atom. The van der Waals surface area contributed by atoms with Crippen LogP contribution in [0.2, 0.25) is 0 Å². The minimum atomic E-state index is 0.636. The van der Waals surface area contributed by atoms with Crippen molar-refractivity contribution < 1.29 is 4.42 Å². The SMILES string of the molecule is c1ccc(-c2nc(-c3ccccc3)nc(-c3cccc4cccc(-c5ccc6c(c5)c5cc7c(cc5n6-c5ccccc5)oc5ccccc57)c34)n2)cc1. The normalized spacial score (nSPS) is 11.7.